The first-order chi connectivity index (χ1) is 10.1. The van der Waals surface area contributed by atoms with Crippen LogP contribution in [0.25, 0.3) is 0 Å². The van der Waals surface area contributed by atoms with E-state index >= 15 is 0 Å². The minimum Gasteiger partial charge on any atom is -0.496 e. The maximum absolute atomic E-state index is 13.1. The third-order valence-electron chi connectivity index (χ3n) is 3.50. The topological polar surface area (TPSA) is 21.3 Å². The molecule has 0 amide bonds. The number of benzene rings is 2. The van der Waals surface area contributed by atoms with Crippen LogP contribution in [0.2, 0.25) is 0 Å². The van der Waals surface area contributed by atoms with Crippen molar-refractivity contribution in [2.45, 2.75) is 12.3 Å². The molecule has 2 nitrogen and oxygen atoms in total. The average Bonchev–Trinajstić information content (AvgIpc) is 2.48. The highest BCUT2D eigenvalue weighted by Crippen LogP contribution is 2.29. The second-order valence-electron chi connectivity index (χ2n) is 4.97. The normalized spacial score (nSPS) is 12.2. The molecule has 1 unspecified atom stereocenters. The van der Waals surface area contributed by atoms with Crippen LogP contribution in [0.1, 0.15) is 17.0 Å². The Bertz CT molecular complexity index is 586. The summed E-state index contributed by atoms with van der Waals surface area (Å²) in [5.41, 5.74) is 2.25. The molecule has 0 aliphatic rings. The summed E-state index contributed by atoms with van der Waals surface area (Å²) in [4.78, 5) is 0. The number of rotatable bonds is 6. The van der Waals surface area contributed by atoms with Gasteiger partial charge in [0.25, 0.3) is 0 Å². The molecule has 0 radical (unpaired) electrons. The van der Waals surface area contributed by atoms with Crippen molar-refractivity contribution in [3.63, 3.8) is 0 Å². The SMILES string of the molecule is CNCC(Cc1cc(Br)ccc1OC)c1ccc(F)cc1. The van der Waals surface area contributed by atoms with Gasteiger partial charge in [-0.15, -0.1) is 0 Å². The predicted octanol–water partition coefficient (Wildman–Crippen LogP) is 4.14. The lowest BCUT2D eigenvalue weighted by Crippen LogP contribution is -2.19. The standard InChI is InChI=1S/C17H19BrFNO/c1-20-11-14(12-3-6-16(19)7-4-12)9-13-10-15(18)5-8-17(13)21-2/h3-8,10,14,20H,9,11H2,1-2H3. The second kappa shape index (κ2) is 7.57. The molecule has 1 atom stereocenters. The third-order valence-corrected chi connectivity index (χ3v) is 3.99. The fraction of sp³-hybridized carbons (Fsp3) is 0.294. The van der Waals surface area contributed by atoms with Gasteiger partial charge in [0.1, 0.15) is 11.6 Å². The zero-order valence-electron chi connectivity index (χ0n) is 12.2. The number of hydrogen-bond acceptors (Lipinski definition) is 2. The first-order valence-corrected chi connectivity index (χ1v) is 7.66. The minimum atomic E-state index is -0.206. The lowest BCUT2D eigenvalue weighted by atomic mass is 9.91. The van der Waals surface area contributed by atoms with Crippen LogP contribution in [0.15, 0.2) is 46.9 Å². The van der Waals surface area contributed by atoms with Crippen LogP contribution < -0.4 is 10.1 Å². The highest BCUT2D eigenvalue weighted by Gasteiger charge is 2.15. The van der Waals surface area contributed by atoms with Crippen molar-refractivity contribution in [3.05, 3.63) is 63.9 Å². The van der Waals surface area contributed by atoms with Gasteiger partial charge in [-0.1, -0.05) is 28.1 Å². The Kier molecular flexibility index (Phi) is 5.76. The van der Waals surface area contributed by atoms with E-state index < -0.39 is 0 Å². The molecule has 0 saturated heterocycles. The Hall–Kier alpha value is -1.39. The molecule has 2 aromatic carbocycles. The summed E-state index contributed by atoms with van der Waals surface area (Å²) in [5.74, 6) is 0.933. The van der Waals surface area contributed by atoms with E-state index in [9.17, 15) is 4.39 Å². The second-order valence-corrected chi connectivity index (χ2v) is 5.88. The van der Waals surface area contributed by atoms with Gasteiger partial charge in [-0.05, 0) is 54.9 Å². The Balaban J connectivity index is 2.27. The highest BCUT2D eigenvalue weighted by atomic mass is 79.9. The molecule has 4 heteroatoms. The Morgan fingerprint density at radius 1 is 1.19 bits per heavy atom. The van der Waals surface area contributed by atoms with Crippen LogP contribution in [0.5, 0.6) is 5.75 Å². The largest absolute Gasteiger partial charge is 0.496 e. The maximum Gasteiger partial charge on any atom is 0.123 e. The molecule has 0 heterocycles. The molecule has 1 N–H and O–H groups in total. The molecule has 0 bridgehead atoms. The van der Waals surface area contributed by atoms with Gasteiger partial charge in [-0.25, -0.2) is 4.39 Å². The summed E-state index contributed by atoms with van der Waals surface area (Å²) in [6.45, 7) is 0.821. The fourth-order valence-electron chi connectivity index (χ4n) is 2.46. The van der Waals surface area contributed by atoms with Gasteiger partial charge in [-0.2, -0.15) is 0 Å². The summed E-state index contributed by atoms with van der Waals surface area (Å²) in [7, 11) is 3.60. The van der Waals surface area contributed by atoms with Crippen molar-refractivity contribution in [2.24, 2.45) is 0 Å². The molecule has 0 saturated carbocycles. The van der Waals surface area contributed by atoms with Gasteiger partial charge in [0.05, 0.1) is 7.11 Å². The summed E-state index contributed by atoms with van der Waals surface area (Å²) in [6, 6.07) is 12.7. The number of hydrogen-bond donors (Lipinski definition) is 1. The smallest absolute Gasteiger partial charge is 0.123 e. The zero-order valence-corrected chi connectivity index (χ0v) is 13.8. The van der Waals surface area contributed by atoms with Crippen LogP contribution >= 0.6 is 15.9 Å². The molecule has 0 aliphatic carbocycles. The number of likely N-dealkylation sites (N-methyl/N-ethyl adjacent to an activating group) is 1. The van der Waals surface area contributed by atoms with E-state index in [0.29, 0.717) is 0 Å². The lowest BCUT2D eigenvalue weighted by molar-refractivity contribution is 0.407. The van der Waals surface area contributed by atoms with Crippen LogP contribution in [-0.4, -0.2) is 20.7 Å². The molecular formula is C17H19BrFNO. The molecule has 2 aromatic rings. The van der Waals surface area contributed by atoms with E-state index in [2.05, 4.69) is 27.3 Å². The van der Waals surface area contributed by atoms with E-state index in [1.807, 2.05) is 31.3 Å². The zero-order chi connectivity index (χ0) is 15.2. The van der Waals surface area contributed by atoms with E-state index in [1.165, 1.54) is 12.1 Å². The summed E-state index contributed by atoms with van der Waals surface area (Å²) < 4.78 is 19.6. The molecule has 0 aliphatic heterocycles. The average molecular weight is 352 g/mol. The Morgan fingerprint density at radius 3 is 2.52 bits per heavy atom. The molecule has 0 aromatic heterocycles. The fourth-order valence-corrected chi connectivity index (χ4v) is 2.87. The van der Waals surface area contributed by atoms with Crippen LogP contribution in [-0.2, 0) is 6.42 Å². The summed E-state index contributed by atoms with van der Waals surface area (Å²) in [5, 5.41) is 3.21. The van der Waals surface area contributed by atoms with E-state index in [4.69, 9.17) is 4.74 Å². The maximum atomic E-state index is 13.1. The Morgan fingerprint density at radius 2 is 1.90 bits per heavy atom. The molecule has 0 fully saturated rings. The number of nitrogens with one attached hydrogen (secondary N) is 1. The molecular weight excluding hydrogens is 333 g/mol. The van der Waals surface area contributed by atoms with Crippen LogP contribution in [0.3, 0.4) is 0 Å². The lowest BCUT2D eigenvalue weighted by Gasteiger charge is -2.19. The predicted molar refractivity (Wildman–Crippen MR) is 87.5 cm³/mol. The first kappa shape index (κ1) is 16.0. The van der Waals surface area contributed by atoms with Crippen molar-refractivity contribution in [2.75, 3.05) is 20.7 Å². The molecule has 0 spiro atoms. The van der Waals surface area contributed by atoms with Crippen LogP contribution in [0.4, 0.5) is 4.39 Å². The van der Waals surface area contributed by atoms with Gasteiger partial charge < -0.3 is 10.1 Å². The summed E-state index contributed by atoms with van der Waals surface area (Å²) in [6.07, 6.45) is 0.828. The monoisotopic (exact) mass is 351 g/mol. The van der Waals surface area contributed by atoms with E-state index in [0.717, 1.165) is 34.3 Å². The van der Waals surface area contributed by atoms with E-state index in [-0.39, 0.29) is 11.7 Å². The highest BCUT2D eigenvalue weighted by molar-refractivity contribution is 9.10. The number of methoxy groups -OCH3 is 1. The van der Waals surface area contributed by atoms with Crippen molar-refractivity contribution >= 4 is 15.9 Å². The molecule has 2 rings (SSSR count). The van der Waals surface area contributed by atoms with Gasteiger partial charge in [0.2, 0.25) is 0 Å². The third kappa shape index (κ3) is 4.29. The van der Waals surface area contributed by atoms with Crippen LogP contribution in [0, 0.1) is 5.82 Å². The van der Waals surface area contributed by atoms with E-state index in [1.54, 1.807) is 7.11 Å². The minimum absolute atomic E-state index is 0.206. The van der Waals surface area contributed by atoms with Gasteiger partial charge >= 0.3 is 0 Å². The molecule has 112 valence electrons. The first-order valence-electron chi connectivity index (χ1n) is 6.86. The van der Waals surface area contributed by atoms with Gasteiger partial charge in [0.15, 0.2) is 0 Å². The molecule has 21 heavy (non-hydrogen) atoms. The van der Waals surface area contributed by atoms with Gasteiger partial charge in [-0.3, -0.25) is 0 Å². The number of ether oxygens (including phenoxy) is 1. The quantitative estimate of drug-likeness (QED) is 0.844. The summed E-state index contributed by atoms with van der Waals surface area (Å²) >= 11 is 3.50. The van der Waals surface area contributed by atoms with Crippen molar-refractivity contribution < 1.29 is 9.13 Å². The Labute approximate surface area is 133 Å². The number of halogens is 2. The van der Waals surface area contributed by atoms with Gasteiger partial charge in [0, 0.05) is 16.9 Å². The van der Waals surface area contributed by atoms with Crippen molar-refractivity contribution in [1.29, 1.82) is 0 Å². The van der Waals surface area contributed by atoms with Crippen molar-refractivity contribution in [1.82, 2.24) is 5.32 Å². The van der Waals surface area contributed by atoms with Crippen molar-refractivity contribution in [3.8, 4) is 5.75 Å².